The minimum absolute atomic E-state index is 0.250. The van der Waals surface area contributed by atoms with Crippen molar-refractivity contribution in [2.75, 3.05) is 24.3 Å². The molecule has 0 atom stereocenters. The Kier molecular flexibility index (Phi) is 5.91. The lowest BCUT2D eigenvalue weighted by molar-refractivity contribution is 0.416. The maximum absolute atomic E-state index is 12.8. The third-order valence-corrected chi connectivity index (χ3v) is 5.66. The minimum atomic E-state index is -3.63. The van der Waals surface area contributed by atoms with Crippen molar-refractivity contribution >= 4 is 27.3 Å². The number of ether oxygens (including phenoxy) is 1. The Labute approximate surface area is 142 Å². The summed E-state index contributed by atoms with van der Waals surface area (Å²) in [5, 5.41) is 0. The number of anilines is 1. The van der Waals surface area contributed by atoms with E-state index < -0.39 is 10.0 Å². The molecule has 0 aromatic heterocycles. The Bertz CT molecular complexity index is 745. The number of aryl methyl sites for hydroxylation is 1. The predicted octanol–water partition coefficient (Wildman–Crippen LogP) is 3.69. The Balaban J connectivity index is 2.30. The summed E-state index contributed by atoms with van der Waals surface area (Å²) in [6, 6.07) is 13.9. The summed E-state index contributed by atoms with van der Waals surface area (Å²) < 4.78 is 32.0. The number of methoxy groups -OCH3 is 1. The first-order chi connectivity index (χ1) is 11.0. The van der Waals surface area contributed by atoms with Gasteiger partial charge >= 0.3 is 0 Å². The van der Waals surface area contributed by atoms with E-state index >= 15 is 0 Å². The van der Waals surface area contributed by atoms with E-state index in [9.17, 15) is 8.42 Å². The Morgan fingerprint density at radius 2 is 1.74 bits per heavy atom. The number of alkyl halides is 1. The standard InChI is InChI=1S/C17H20ClNO3S/c1-19(16-7-3-4-8-17(16)22-2)23(20,21)15-11-9-14(10-12-15)6-5-13-18/h3-4,7-12H,5-6,13H2,1-2H3. The monoisotopic (exact) mass is 353 g/mol. The molecule has 6 heteroatoms. The van der Waals surface area contributed by atoms with Gasteiger partial charge in [0.25, 0.3) is 10.0 Å². The van der Waals surface area contributed by atoms with Crippen molar-refractivity contribution in [3.05, 3.63) is 54.1 Å². The normalized spacial score (nSPS) is 11.3. The zero-order valence-electron chi connectivity index (χ0n) is 13.2. The molecule has 124 valence electrons. The van der Waals surface area contributed by atoms with E-state index in [4.69, 9.17) is 16.3 Å². The molecule has 0 heterocycles. The number of benzene rings is 2. The van der Waals surface area contributed by atoms with Gasteiger partial charge in [-0.15, -0.1) is 11.6 Å². The molecule has 0 saturated carbocycles. The number of para-hydroxylation sites is 2. The van der Waals surface area contributed by atoms with Crippen molar-refractivity contribution in [2.45, 2.75) is 17.7 Å². The van der Waals surface area contributed by atoms with Gasteiger partial charge in [-0.25, -0.2) is 8.42 Å². The number of hydrogen-bond donors (Lipinski definition) is 0. The molecule has 0 aliphatic carbocycles. The smallest absolute Gasteiger partial charge is 0.264 e. The van der Waals surface area contributed by atoms with E-state index in [0.717, 1.165) is 18.4 Å². The minimum Gasteiger partial charge on any atom is -0.495 e. The summed E-state index contributed by atoms with van der Waals surface area (Å²) >= 11 is 5.68. The van der Waals surface area contributed by atoms with Crippen LogP contribution in [0.5, 0.6) is 5.75 Å². The second kappa shape index (κ2) is 7.70. The molecule has 0 fully saturated rings. The molecule has 23 heavy (non-hydrogen) atoms. The molecule has 0 amide bonds. The van der Waals surface area contributed by atoms with Gasteiger partial charge in [0.15, 0.2) is 0 Å². The Hall–Kier alpha value is -1.72. The van der Waals surface area contributed by atoms with E-state index in [1.165, 1.54) is 18.5 Å². The highest BCUT2D eigenvalue weighted by molar-refractivity contribution is 7.92. The summed E-state index contributed by atoms with van der Waals surface area (Å²) in [6.45, 7) is 0. The summed E-state index contributed by atoms with van der Waals surface area (Å²) in [6.07, 6.45) is 1.71. The van der Waals surface area contributed by atoms with Crippen molar-refractivity contribution in [3.8, 4) is 5.75 Å². The second-order valence-electron chi connectivity index (χ2n) is 5.08. The van der Waals surface area contributed by atoms with Crippen molar-refractivity contribution in [2.24, 2.45) is 0 Å². The van der Waals surface area contributed by atoms with Crippen LogP contribution < -0.4 is 9.04 Å². The lowest BCUT2D eigenvalue weighted by Crippen LogP contribution is -2.26. The lowest BCUT2D eigenvalue weighted by atomic mass is 10.1. The molecule has 0 aliphatic rings. The third-order valence-electron chi connectivity index (χ3n) is 3.61. The van der Waals surface area contributed by atoms with Gasteiger partial charge in [-0.2, -0.15) is 0 Å². The highest BCUT2D eigenvalue weighted by Crippen LogP contribution is 2.30. The number of hydrogen-bond acceptors (Lipinski definition) is 3. The average molecular weight is 354 g/mol. The van der Waals surface area contributed by atoms with Gasteiger partial charge < -0.3 is 4.74 Å². The quantitative estimate of drug-likeness (QED) is 0.713. The first-order valence-electron chi connectivity index (χ1n) is 7.27. The highest BCUT2D eigenvalue weighted by atomic mass is 35.5. The molecule has 2 aromatic rings. The van der Waals surface area contributed by atoms with Crippen LogP contribution in [0, 0.1) is 0 Å². The first kappa shape index (κ1) is 17.6. The lowest BCUT2D eigenvalue weighted by Gasteiger charge is -2.21. The van der Waals surface area contributed by atoms with Gasteiger partial charge in [-0.3, -0.25) is 4.31 Å². The van der Waals surface area contributed by atoms with Crippen molar-refractivity contribution in [1.82, 2.24) is 0 Å². The van der Waals surface area contributed by atoms with E-state index in [2.05, 4.69) is 0 Å². The summed E-state index contributed by atoms with van der Waals surface area (Å²) in [5.74, 6) is 1.11. The molecule has 4 nitrogen and oxygen atoms in total. The molecule has 0 aliphatic heterocycles. The maximum atomic E-state index is 12.8. The van der Waals surface area contributed by atoms with Crippen LogP contribution in [0.15, 0.2) is 53.4 Å². The molecular formula is C17H20ClNO3S. The van der Waals surface area contributed by atoms with Crippen LogP contribution in [0.3, 0.4) is 0 Å². The van der Waals surface area contributed by atoms with Gasteiger partial charge in [0.05, 0.1) is 17.7 Å². The zero-order valence-corrected chi connectivity index (χ0v) is 14.8. The van der Waals surface area contributed by atoms with Crippen LogP contribution >= 0.6 is 11.6 Å². The largest absolute Gasteiger partial charge is 0.495 e. The molecule has 0 radical (unpaired) electrons. The Morgan fingerprint density at radius 1 is 1.09 bits per heavy atom. The van der Waals surface area contributed by atoms with Gasteiger partial charge in [-0.05, 0) is 42.7 Å². The highest BCUT2D eigenvalue weighted by Gasteiger charge is 2.23. The predicted molar refractivity (Wildman–Crippen MR) is 94.1 cm³/mol. The van der Waals surface area contributed by atoms with Crippen LogP contribution in [-0.2, 0) is 16.4 Å². The van der Waals surface area contributed by atoms with Crippen molar-refractivity contribution in [3.63, 3.8) is 0 Å². The fraction of sp³-hybridized carbons (Fsp3) is 0.294. The molecule has 2 aromatic carbocycles. The van der Waals surface area contributed by atoms with E-state index in [1.54, 1.807) is 36.4 Å². The van der Waals surface area contributed by atoms with Crippen molar-refractivity contribution < 1.29 is 13.2 Å². The maximum Gasteiger partial charge on any atom is 0.264 e. The molecular weight excluding hydrogens is 334 g/mol. The number of halogens is 1. The second-order valence-corrected chi connectivity index (χ2v) is 7.43. The van der Waals surface area contributed by atoms with E-state index in [-0.39, 0.29) is 4.90 Å². The van der Waals surface area contributed by atoms with Crippen LogP contribution in [0.1, 0.15) is 12.0 Å². The summed E-state index contributed by atoms with van der Waals surface area (Å²) in [4.78, 5) is 0.250. The number of sulfonamides is 1. The molecule has 2 rings (SSSR count). The van der Waals surface area contributed by atoms with E-state index in [0.29, 0.717) is 17.3 Å². The Morgan fingerprint density at radius 3 is 2.35 bits per heavy atom. The zero-order chi connectivity index (χ0) is 16.9. The first-order valence-corrected chi connectivity index (χ1v) is 9.25. The fourth-order valence-electron chi connectivity index (χ4n) is 2.28. The van der Waals surface area contributed by atoms with Gasteiger partial charge in [0, 0.05) is 12.9 Å². The molecule has 0 bridgehead atoms. The molecule has 0 N–H and O–H groups in total. The number of rotatable bonds is 7. The van der Waals surface area contributed by atoms with Gasteiger partial charge in [0.2, 0.25) is 0 Å². The fourth-order valence-corrected chi connectivity index (χ4v) is 3.62. The molecule has 0 saturated heterocycles. The molecule has 0 spiro atoms. The van der Waals surface area contributed by atoms with Crippen LogP contribution in [-0.4, -0.2) is 28.5 Å². The average Bonchev–Trinajstić information content (AvgIpc) is 2.59. The van der Waals surface area contributed by atoms with Crippen LogP contribution in [0.25, 0.3) is 0 Å². The third kappa shape index (κ3) is 3.98. The van der Waals surface area contributed by atoms with E-state index in [1.807, 2.05) is 12.1 Å². The van der Waals surface area contributed by atoms with Gasteiger partial charge in [-0.1, -0.05) is 24.3 Å². The van der Waals surface area contributed by atoms with Gasteiger partial charge in [0.1, 0.15) is 5.75 Å². The SMILES string of the molecule is COc1ccccc1N(C)S(=O)(=O)c1ccc(CCCCl)cc1. The summed E-state index contributed by atoms with van der Waals surface area (Å²) in [7, 11) is -0.593. The van der Waals surface area contributed by atoms with Crippen LogP contribution in [0.4, 0.5) is 5.69 Å². The van der Waals surface area contributed by atoms with Crippen LogP contribution in [0.2, 0.25) is 0 Å². The topological polar surface area (TPSA) is 46.6 Å². The molecule has 0 unspecified atom stereocenters. The summed E-state index contributed by atoms with van der Waals surface area (Å²) in [5.41, 5.74) is 1.57. The van der Waals surface area contributed by atoms with Crippen molar-refractivity contribution in [1.29, 1.82) is 0 Å². The number of nitrogens with zero attached hydrogens (tertiary/aromatic N) is 1.